The van der Waals surface area contributed by atoms with Crippen molar-refractivity contribution >= 4 is 29.3 Å². The number of carbonyl (C=O) groups excluding carboxylic acids is 1. The number of carbonyl (C=O) groups is 1. The zero-order chi connectivity index (χ0) is 18.4. The highest BCUT2D eigenvalue weighted by atomic mass is 35.5. The first kappa shape index (κ1) is 18.2. The molecular formula is C18H15ClN2O4. The predicted molar refractivity (Wildman–Crippen MR) is 94.6 cm³/mol. The van der Waals surface area contributed by atoms with E-state index in [0.29, 0.717) is 17.9 Å². The Bertz CT molecular complexity index is 855. The van der Waals surface area contributed by atoms with Crippen LogP contribution in [0.15, 0.2) is 42.0 Å². The lowest BCUT2D eigenvalue weighted by Crippen LogP contribution is -2.13. The third kappa shape index (κ3) is 4.66. The summed E-state index contributed by atoms with van der Waals surface area (Å²) in [5, 5.41) is 30.9. The van der Waals surface area contributed by atoms with Crippen LogP contribution < -0.4 is 10.1 Å². The Balaban J connectivity index is 2.29. The standard InChI is InChI=1S/C18H15ClN2O4/c1-2-25-16-9-11(8-15(19)17(16)23)7-12(10-20)18(24)21-13-3-5-14(22)6-4-13/h3-9,22-23H,2H2,1H3,(H,21,24)/b12-7+. The van der Waals surface area contributed by atoms with Gasteiger partial charge in [-0.15, -0.1) is 0 Å². The molecule has 2 rings (SSSR count). The topological polar surface area (TPSA) is 103 Å². The first-order valence-corrected chi connectivity index (χ1v) is 7.70. The van der Waals surface area contributed by atoms with Gasteiger partial charge in [0.25, 0.3) is 5.91 Å². The summed E-state index contributed by atoms with van der Waals surface area (Å²) in [4.78, 5) is 12.2. The van der Waals surface area contributed by atoms with Crippen molar-refractivity contribution in [3.05, 3.63) is 52.6 Å². The highest BCUT2D eigenvalue weighted by molar-refractivity contribution is 6.32. The summed E-state index contributed by atoms with van der Waals surface area (Å²) >= 11 is 5.94. The summed E-state index contributed by atoms with van der Waals surface area (Å²) in [5.74, 6) is -0.586. The number of phenols is 2. The molecule has 3 N–H and O–H groups in total. The number of nitriles is 1. The van der Waals surface area contributed by atoms with Gasteiger partial charge in [0.2, 0.25) is 0 Å². The van der Waals surface area contributed by atoms with Crippen molar-refractivity contribution < 1.29 is 19.7 Å². The van der Waals surface area contributed by atoms with Crippen molar-refractivity contribution in [2.75, 3.05) is 11.9 Å². The number of nitrogens with one attached hydrogen (secondary N) is 1. The lowest BCUT2D eigenvalue weighted by molar-refractivity contribution is -0.112. The minimum absolute atomic E-state index is 0.0495. The summed E-state index contributed by atoms with van der Waals surface area (Å²) < 4.78 is 5.27. The fraction of sp³-hybridized carbons (Fsp3) is 0.111. The smallest absolute Gasteiger partial charge is 0.266 e. The number of halogens is 1. The molecule has 0 bridgehead atoms. The normalized spacial score (nSPS) is 10.8. The lowest BCUT2D eigenvalue weighted by atomic mass is 10.1. The molecule has 2 aromatic carbocycles. The summed E-state index contributed by atoms with van der Waals surface area (Å²) in [6.07, 6.45) is 1.34. The van der Waals surface area contributed by atoms with Gasteiger partial charge in [0, 0.05) is 5.69 Å². The quantitative estimate of drug-likeness (QED) is 0.429. The number of rotatable bonds is 5. The maximum atomic E-state index is 12.2. The molecule has 0 spiro atoms. The van der Waals surface area contributed by atoms with Crippen LogP contribution in [-0.4, -0.2) is 22.7 Å². The molecule has 6 nitrogen and oxygen atoms in total. The van der Waals surface area contributed by atoms with Crippen LogP contribution in [0.1, 0.15) is 12.5 Å². The highest BCUT2D eigenvalue weighted by Crippen LogP contribution is 2.35. The van der Waals surface area contributed by atoms with E-state index in [0.717, 1.165) is 0 Å². The Morgan fingerprint density at radius 1 is 1.32 bits per heavy atom. The van der Waals surface area contributed by atoms with E-state index in [1.54, 1.807) is 6.92 Å². The maximum absolute atomic E-state index is 12.2. The van der Waals surface area contributed by atoms with Gasteiger partial charge in [-0.2, -0.15) is 5.26 Å². The van der Waals surface area contributed by atoms with E-state index in [2.05, 4.69) is 5.32 Å². The Morgan fingerprint density at radius 3 is 2.60 bits per heavy atom. The van der Waals surface area contributed by atoms with Crippen molar-refractivity contribution in [3.63, 3.8) is 0 Å². The van der Waals surface area contributed by atoms with E-state index in [4.69, 9.17) is 16.3 Å². The maximum Gasteiger partial charge on any atom is 0.266 e. The van der Waals surface area contributed by atoms with Crippen LogP contribution in [-0.2, 0) is 4.79 Å². The van der Waals surface area contributed by atoms with Crippen molar-refractivity contribution in [2.45, 2.75) is 6.92 Å². The Kier molecular flexibility index (Phi) is 5.88. The van der Waals surface area contributed by atoms with E-state index < -0.39 is 5.91 Å². The molecule has 0 atom stereocenters. The van der Waals surface area contributed by atoms with Crippen LogP contribution in [0.2, 0.25) is 5.02 Å². The molecule has 1 amide bonds. The molecule has 0 aliphatic carbocycles. The first-order valence-electron chi connectivity index (χ1n) is 7.32. The molecule has 0 aromatic heterocycles. The zero-order valence-corrected chi connectivity index (χ0v) is 14.0. The molecule has 0 saturated heterocycles. The number of amides is 1. The number of hydrogen-bond donors (Lipinski definition) is 3. The van der Waals surface area contributed by atoms with E-state index in [9.17, 15) is 20.3 Å². The Hall–Kier alpha value is -3.17. The molecule has 0 aliphatic heterocycles. The van der Waals surface area contributed by atoms with Crippen LogP contribution in [0, 0.1) is 11.3 Å². The predicted octanol–water partition coefficient (Wildman–Crippen LogP) is 3.70. The number of anilines is 1. The molecule has 25 heavy (non-hydrogen) atoms. The second kappa shape index (κ2) is 8.08. The molecular weight excluding hydrogens is 344 g/mol. The summed E-state index contributed by atoms with van der Waals surface area (Å²) in [5.41, 5.74) is 0.712. The number of benzene rings is 2. The molecule has 0 aliphatic rings. The van der Waals surface area contributed by atoms with Crippen molar-refractivity contribution in [3.8, 4) is 23.3 Å². The second-order valence-electron chi connectivity index (χ2n) is 4.95. The molecule has 0 fully saturated rings. The fourth-order valence-electron chi connectivity index (χ4n) is 2.00. The SMILES string of the molecule is CCOc1cc(/C=C(\C#N)C(=O)Nc2ccc(O)cc2)cc(Cl)c1O. The molecule has 0 saturated carbocycles. The number of phenolic OH excluding ortho intramolecular Hbond substituents is 2. The first-order chi connectivity index (χ1) is 11.9. The number of aromatic hydroxyl groups is 2. The van der Waals surface area contributed by atoms with Gasteiger partial charge in [-0.05, 0) is 55.0 Å². The van der Waals surface area contributed by atoms with Crippen LogP contribution in [0.25, 0.3) is 6.08 Å². The molecule has 0 unspecified atom stereocenters. The highest BCUT2D eigenvalue weighted by Gasteiger charge is 2.13. The van der Waals surface area contributed by atoms with Gasteiger partial charge in [0.1, 0.15) is 17.4 Å². The summed E-state index contributed by atoms with van der Waals surface area (Å²) in [6, 6.07) is 10.6. The number of hydrogen-bond acceptors (Lipinski definition) is 5. The molecule has 2 aromatic rings. The monoisotopic (exact) mass is 358 g/mol. The third-order valence-electron chi connectivity index (χ3n) is 3.15. The van der Waals surface area contributed by atoms with Gasteiger partial charge in [0.05, 0.1) is 11.6 Å². The number of ether oxygens (including phenoxy) is 1. The van der Waals surface area contributed by atoms with Crippen molar-refractivity contribution in [1.29, 1.82) is 5.26 Å². The van der Waals surface area contributed by atoms with E-state index in [-0.39, 0.29) is 27.8 Å². The second-order valence-corrected chi connectivity index (χ2v) is 5.36. The van der Waals surface area contributed by atoms with E-state index in [1.165, 1.54) is 42.5 Å². The molecule has 0 radical (unpaired) electrons. The van der Waals surface area contributed by atoms with Crippen molar-refractivity contribution in [1.82, 2.24) is 0 Å². The fourth-order valence-corrected chi connectivity index (χ4v) is 2.22. The minimum Gasteiger partial charge on any atom is -0.508 e. The lowest BCUT2D eigenvalue weighted by Gasteiger charge is -2.09. The molecule has 0 heterocycles. The Morgan fingerprint density at radius 2 is 2.00 bits per heavy atom. The largest absolute Gasteiger partial charge is 0.508 e. The van der Waals surface area contributed by atoms with E-state index in [1.807, 2.05) is 6.07 Å². The van der Waals surface area contributed by atoms with Crippen molar-refractivity contribution in [2.24, 2.45) is 0 Å². The third-order valence-corrected chi connectivity index (χ3v) is 3.44. The van der Waals surface area contributed by atoms with Crippen LogP contribution in [0.5, 0.6) is 17.2 Å². The zero-order valence-electron chi connectivity index (χ0n) is 13.3. The van der Waals surface area contributed by atoms with Gasteiger partial charge >= 0.3 is 0 Å². The summed E-state index contributed by atoms with van der Waals surface area (Å²) in [6.45, 7) is 2.07. The van der Waals surface area contributed by atoms with Gasteiger partial charge < -0.3 is 20.3 Å². The van der Waals surface area contributed by atoms with E-state index >= 15 is 0 Å². The average Bonchev–Trinajstić information content (AvgIpc) is 2.59. The average molecular weight is 359 g/mol. The molecule has 128 valence electrons. The van der Waals surface area contributed by atoms with Gasteiger partial charge in [-0.1, -0.05) is 11.6 Å². The number of nitrogens with zero attached hydrogens (tertiary/aromatic N) is 1. The van der Waals surface area contributed by atoms with Gasteiger partial charge in [-0.3, -0.25) is 4.79 Å². The Labute approximate surface area is 149 Å². The van der Waals surface area contributed by atoms with Gasteiger partial charge in [-0.25, -0.2) is 0 Å². The summed E-state index contributed by atoms with van der Waals surface area (Å²) in [7, 11) is 0. The minimum atomic E-state index is -0.615. The molecule has 7 heteroatoms. The van der Waals surface area contributed by atoms with Crippen LogP contribution >= 0.6 is 11.6 Å². The van der Waals surface area contributed by atoms with Crippen LogP contribution in [0.3, 0.4) is 0 Å². The van der Waals surface area contributed by atoms with Crippen LogP contribution in [0.4, 0.5) is 5.69 Å². The van der Waals surface area contributed by atoms with Gasteiger partial charge in [0.15, 0.2) is 11.5 Å².